The van der Waals surface area contributed by atoms with Gasteiger partial charge < -0.3 is 19.5 Å². The molecule has 1 aromatic carbocycles. The van der Waals surface area contributed by atoms with Crippen molar-refractivity contribution in [2.45, 2.75) is 51.5 Å². The molecule has 0 radical (unpaired) electrons. The van der Waals surface area contributed by atoms with Gasteiger partial charge in [-0.25, -0.2) is 4.98 Å². The lowest BCUT2D eigenvalue weighted by Gasteiger charge is -2.37. The Labute approximate surface area is 223 Å². The number of carbonyl (C=O) groups is 1. The minimum Gasteiger partial charge on any atom is -0.489 e. The SMILES string of the molecule is Cc1nc(-c2cccc(C(=O)NC3CCC(CCN4CCN(c5nccc6c5OCC6)CC4)CC3)c2)no1. The van der Waals surface area contributed by atoms with Gasteiger partial charge in [0.15, 0.2) is 11.6 Å². The van der Waals surface area contributed by atoms with E-state index in [1.54, 1.807) is 6.92 Å². The fraction of sp³-hybridized carbons (Fsp3) is 0.517. The van der Waals surface area contributed by atoms with Crippen molar-refractivity contribution in [3.8, 4) is 17.1 Å². The van der Waals surface area contributed by atoms with E-state index < -0.39 is 0 Å². The van der Waals surface area contributed by atoms with Gasteiger partial charge in [0.05, 0.1) is 6.61 Å². The maximum Gasteiger partial charge on any atom is 0.251 e. The molecule has 4 heterocycles. The summed E-state index contributed by atoms with van der Waals surface area (Å²) in [6, 6.07) is 9.75. The van der Waals surface area contributed by atoms with Gasteiger partial charge >= 0.3 is 0 Å². The Balaban J connectivity index is 0.927. The molecule has 1 aliphatic carbocycles. The zero-order chi connectivity index (χ0) is 25.9. The van der Waals surface area contributed by atoms with Crippen molar-refractivity contribution in [1.29, 1.82) is 0 Å². The van der Waals surface area contributed by atoms with Gasteiger partial charge in [-0.2, -0.15) is 4.98 Å². The van der Waals surface area contributed by atoms with E-state index in [0.717, 1.165) is 81.6 Å². The number of fused-ring (bicyclic) bond motifs is 1. The number of anilines is 1. The van der Waals surface area contributed by atoms with Gasteiger partial charge in [0.2, 0.25) is 11.7 Å². The molecule has 0 atom stereocenters. The summed E-state index contributed by atoms with van der Waals surface area (Å²) in [5.41, 5.74) is 2.71. The summed E-state index contributed by atoms with van der Waals surface area (Å²) >= 11 is 0. The van der Waals surface area contributed by atoms with E-state index in [1.165, 1.54) is 24.8 Å². The largest absolute Gasteiger partial charge is 0.489 e. The molecule has 1 amide bonds. The topological polar surface area (TPSA) is 96.6 Å². The second-order valence-electron chi connectivity index (χ2n) is 10.7. The van der Waals surface area contributed by atoms with E-state index >= 15 is 0 Å². The fourth-order valence-electron chi connectivity index (χ4n) is 5.95. The molecule has 0 bridgehead atoms. The third kappa shape index (κ3) is 5.53. The minimum absolute atomic E-state index is 0.0302. The van der Waals surface area contributed by atoms with Crippen LogP contribution in [0.3, 0.4) is 0 Å². The van der Waals surface area contributed by atoms with E-state index in [2.05, 4.69) is 36.3 Å². The molecule has 3 aromatic rings. The number of pyridine rings is 1. The third-order valence-corrected chi connectivity index (χ3v) is 8.20. The predicted molar refractivity (Wildman–Crippen MR) is 144 cm³/mol. The van der Waals surface area contributed by atoms with Gasteiger partial charge in [0.25, 0.3) is 5.91 Å². The summed E-state index contributed by atoms with van der Waals surface area (Å²) in [5.74, 6) is 3.75. The van der Waals surface area contributed by atoms with Crippen molar-refractivity contribution >= 4 is 11.7 Å². The summed E-state index contributed by atoms with van der Waals surface area (Å²) in [6.45, 7) is 7.81. The molecule has 2 aliphatic heterocycles. The Kier molecular flexibility index (Phi) is 7.27. The van der Waals surface area contributed by atoms with Gasteiger partial charge in [0.1, 0.15) is 0 Å². The number of hydrogen-bond acceptors (Lipinski definition) is 8. The number of benzene rings is 1. The number of carbonyl (C=O) groups excluding carboxylic acids is 1. The number of rotatable bonds is 7. The lowest BCUT2D eigenvalue weighted by Crippen LogP contribution is -2.47. The standard InChI is InChI=1S/C29H36N6O3/c1-20-31-27(33-38-20)23-3-2-4-24(19-23)29(36)32-25-7-5-21(6-8-25)10-13-34-14-16-35(17-15-34)28-26-22(9-12-30-28)11-18-37-26/h2-4,9,12,19,21,25H,5-8,10-11,13-18H2,1H3,(H,32,36). The summed E-state index contributed by atoms with van der Waals surface area (Å²) in [4.78, 5) is 26.8. The third-order valence-electron chi connectivity index (χ3n) is 8.20. The Morgan fingerprint density at radius 1 is 1.11 bits per heavy atom. The predicted octanol–water partition coefficient (Wildman–Crippen LogP) is 3.88. The van der Waals surface area contributed by atoms with Crippen LogP contribution in [-0.4, -0.2) is 71.3 Å². The van der Waals surface area contributed by atoms with Crippen LogP contribution in [0.1, 0.15) is 53.9 Å². The molecule has 1 saturated carbocycles. The highest BCUT2D eigenvalue weighted by Gasteiger charge is 2.27. The molecule has 3 aliphatic rings. The van der Waals surface area contributed by atoms with E-state index in [-0.39, 0.29) is 11.9 Å². The fourth-order valence-corrected chi connectivity index (χ4v) is 5.95. The molecule has 0 spiro atoms. The second-order valence-corrected chi connectivity index (χ2v) is 10.7. The molecule has 38 heavy (non-hydrogen) atoms. The monoisotopic (exact) mass is 516 g/mol. The van der Waals surface area contributed by atoms with Gasteiger partial charge in [-0.05, 0) is 62.8 Å². The molecule has 200 valence electrons. The van der Waals surface area contributed by atoms with Crippen LogP contribution >= 0.6 is 0 Å². The number of aryl methyl sites for hydroxylation is 1. The maximum atomic E-state index is 12.9. The number of hydrogen-bond donors (Lipinski definition) is 1. The summed E-state index contributed by atoms with van der Waals surface area (Å²) in [5, 5.41) is 7.21. The summed E-state index contributed by atoms with van der Waals surface area (Å²) in [6.07, 6.45) is 8.56. The molecule has 9 heteroatoms. The summed E-state index contributed by atoms with van der Waals surface area (Å²) in [7, 11) is 0. The first-order chi connectivity index (χ1) is 18.6. The number of aromatic nitrogens is 3. The van der Waals surface area contributed by atoms with Crippen molar-refractivity contribution in [2.24, 2.45) is 5.92 Å². The molecular formula is C29H36N6O3. The molecule has 2 fully saturated rings. The Morgan fingerprint density at radius 3 is 2.74 bits per heavy atom. The van der Waals surface area contributed by atoms with Crippen LogP contribution in [0.4, 0.5) is 5.82 Å². The normalized spacial score (nSPS) is 21.7. The van der Waals surface area contributed by atoms with E-state index in [9.17, 15) is 4.79 Å². The Hall–Kier alpha value is -3.46. The van der Waals surface area contributed by atoms with Crippen LogP contribution in [0, 0.1) is 12.8 Å². The molecule has 1 saturated heterocycles. The lowest BCUT2D eigenvalue weighted by atomic mass is 9.84. The maximum absolute atomic E-state index is 12.9. The number of amides is 1. The summed E-state index contributed by atoms with van der Waals surface area (Å²) < 4.78 is 10.9. The minimum atomic E-state index is -0.0302. The number of piperazine rings is 1. The van der Waals surface area contributed by atoms with Crippen molar-refractivity contribution in [3.63, 3.8) is 0 Å². The average Bonchev–Trinajstić information content (AvgIpc) is 3.62. The Bertz CT molecular complexity index is 1260. The van der Waals surface area contributed by atoms with Gasteiger partial charge in [-0.1, -0.05) is 17.3 Å². The lowest BCUT2D eigenvalue weighted by molar-refractivity contribution is 0.0919. The highest BCUT2D eigenvalue weighted by molar-refractivity contribution is 5.95. The van der Waals surface area contributed by atoms with Crippen molar-refractivity contribution in [1.82, 2.24) is 25.3 Å². The van der Waals surface area contributed by atoms with Gasteiger partial charge in [-0.3, -0.25) is 9.69 Å². The smallest absolute Gasteiger partial charge is 0.251 e. The Morgan fingerprint density at radius 2 is 1.95 bits per heavy atom. The molecule has 1 N–H and O–H groups in total. The number of ether oxygens (including phenoxy) is 1. The average molecular weight is 517 g/mol. The van der Waals surface area contributed by atoms with Crippen LogP contribution in [0.5, 0.6) is 5.75 Å². The molecule has 0 unspecified atom stereocenters. The zero-order valence-electron chi connectivity index (χ0n) is 22.1. The molecule has 9 nitrogen and oxygen atoms in total. The first-order valence-electron chi connectivity index (χ1n) is 13.9. The van der Waals surface area contributed by atoms with E-state index in [0.29, 0.717) is 17.3 Å². The van der Waals surface area contributed by atoms with Crippen LogP contribution in [-0.2, 0) is 6.42 Å². The molecule has 6 rings (SSSR count). The number of nitrogens with one attached hydrogen (secondary N) is 1. The second kappa shape index (κ2) is 11.1. The zero-order valence-corrected chi connectivity index (χ0v) is 22.1. The number of nitrogens with zero attached hydrogens (tertiary/aromatic N) is 5. The quantitative estimate of drug-likeness (QED) is 0.506. The van der Waals surface area contributed by atoms with Crippen LogP contribution in [0.2, 0.25) is 0 Å². The highest BCUT2D eigenvalue weighted by atomic mass is 16.5. The van der Waals surface area contributed by atoms with Crippen LogP contribution in [0.15, 0.2) is 41.1 Å². The van der Waals surface area contributed by atoms with Crippen molar-refractivity contribution < 1.29 is 14.1 Å². The molecular weight excluding hydrogens is 480 g/mol. The van der Waals surface area contributed by atoms with E-state index in [4.69, 9.17) is 9.26 Å². The van der Waals surface area contributed by atoms with Crippen molar-refractivity contribution in [3.05, 3.63) is 53.5 Å². The van der Waals surface area contributed by atoms with Gasteiger partial charge in [0, 0.05) is 68.5 Å². The van der Waals surface area contributed by atoms with Crippen LogP contribution < -0.4 is 15.0 Å². The first kappa shape index (κ1) is 24.9. The first-order valence-corrected chi connectivity index (χ1v) is 13.9. The van der Waals surface area contributed by atoms with E-state index in [1.807, 2.05) is 30.5 Å². The molecule has 2 aromatic heterocycles. The highest BCUT2D eigenvalue weighted by Crippen LogP contribution is 2.34. The van der Waals surface area contributed by atoms with Gasteiger partial charge in [-0.15, -0.1) is 0 Å². The van der Waals surface area contributed by atoms with Crippen LogP contribution in [0.25, 0.3) is 11.4 Å². The van der Waals surface area contributed by atoms with Crippen molar-refractivity contribution in [2.75, 3.05) is 44.2 Å².